The van der Waals surface area contributed by atoms with Crippen LogP contribution in [0.3, 0.4) is 0 Å². The lowest BCUT2D eigenvalue weighted by Gasteiger charge is -2.08. The maximum absolute atomic E-state index is 11.7. The number of hydrogen-bond acceptors (Lipinski definition) is 4. The molecule has 2 aromatic carbocycles. The summed E-state index contributed by atoms with van der Waals surface area (Å²) in [6, 6.07) is 16.5. The van der Waals surface area contributed by atoms with E-state index in [-0.39, 0.29) is 11.7 Å². The molecular formula is C20H23NO4. The SMILES string of the molecule is CC(=O)c1ccc(OCCCC(=O)NCCOc2ccccc2)cc1. The minimum atomic E-state index is -0.0211. The van der Waals surface area contributed by atoms with Gasteiger partial charge in [-0.3, -0.25) is 9.59 Å². The van der Waals surface area contributed by atoms with Crippen molar-refractivity contribution in [3.8, 4) is 11.5 Å². The third kappa shape index (κ3) is 7.08. The summed E-state index contributed by atoms with van der Waals surface area (Å²) in [5.41, 5.74) is 0.657. The highest BCUT2D eigenvalue weighted by Gasteiger charge is 2.03. The molecule has 0 aromatic heterocycles. The molecule has 0 fully saturated rings. The summed E-state index contributed by atoms with van der Waals surface area (Å²) in [5, 5.41) is 2.81. The molecule has 0 unspecified atom stereocenters. The Bertz CT molecular complexity index is 668. The van der Waals surface area contributed by atoms with E-state index in [0.29, 0.717) is 43.9 Å². The molecule has 0 heterocycles. The molecule has 5 heteroatoms. The molecule has 0 atom stereocenters. The van der Waals surface area contributed by atoms with Gasteiger partial charge in [0.2, 0.25) is 5.91 Å². The van der Waals surface area contributed by atoms with Crippen molar-refractivity contribution in [2.24, 2.45) is 0 Å². The molecule has 0 spiro atoms. The Morgan fingerprint density at radius 2 is 1.52 bits per heavy atom. The quantitative estimate of drug-likeness (QED) is 0.532. The van der Waals surface area contributed by atoms with Gasteiger partial charge in [0, 0.05) is 12.0 Å². The predicted molar refractivity (Wildman–Crippen MR) is 96.1 cm³/mol. The lowest BCUT2D eigenvalue weighted by Crippen LogP contribution is -2.28. The standard InChI is InChI=1S/C20H23NO4/c1-16(22)17-9-11-19(12-10-17)24-14-5-8-20(23)21-13-15-25-18-6-3-2-4-7-18/h2-4,6-7,9-12H,5,8,13-15H2,1H3,(H,21,23). The van der Waals surface area contributed by atoms with Gasteiger partial charge in [-0.25, -0.2) is 0 Å². The summed E-state index contributed by atoms with van der Waals surface area (Å²) in [6.45, 7) is 2.89. The predicted octanol–water partition coefficient (Wildman–Crippen LogP) is 3.24. The minimum absolute atomic E-state index is 0.0211. The van der Waals surface area contributed by atoms with Crippen molar-refractivity contribution in [2.45, 2.75) is 19.8 Å². The first-order valence-electron chi connectivity index (χ1n) is 8.33. The number of amides is 1. The van der Waals surface area contributed by atoms with Crippen LogP contribution in [0.2, 0.25) is 0 Å². The third-order valence-corrected chi connectivity index (χ3v) is 3.51. The first kappa shape index (κ1) is 18.5. The molecule has 1 N–H and O–H groups in total. The van der Waals surface area contributed by atoms with E-state index < -0.39 is 0 Å². The van der Waals surface area contributed by atoms with Crippen LogP contribution in [-0.2, 0) is 4.79 Å². The molecule has 0 bridgehead atoms. The second kappa shape index (κ2) is 10.1. The highest BCUT2D eigenvalue weighted by Crippen LogP contribution is 2.13. The molecule has 5 nitrogen and oxygen atoms in total. The van der Waals surface area contributed by atoms with Gasteiger partial charge in [-0.2, -0.15) is 0 Å². The van der Waals surface area contributed by atoms with Crippen LogP contribution < -0.4 is 14.8 Å². The number of ether oxygens (including phenoxy) is 2. The topological polar surface area (TPSA) is 64.6 Å². The van der Waals surface area contributed by atoms with Crippen molar-refractivity contribution in [2.75, 3.05) is 19.8 Å². The Morgan fingerprint density at radius 1 is 0.880 bits per heavy atom. The molecule has 0 aliphatic rings. The van der Waals surface area contributed by atoms with Gasteiger partial charge in [-0.05, 0) is 49.7 Å². The second-order valence-corrected chi connectivity index (χ2v) is 5.54. The number of Topliss-reactive ketones (excluding diaryl/α,β-unsaturated/α-hetero) is 1. The molecule has 2 aromatic rings. The zero-order valence-electron chi connectivity index (χ0n) is 14.4. The fraction of sp³-hybridized carbons (Fsp3) is 0.300. The van der Waals surface area contributed by atoms with E-state index in [4.69, 9.17) is 9.47 Å². The summed E-state index contributed by atoms with van der Waals surface area (Å²) < 4.78 is 11.1. The maximum atomic E-state index is 11.7. The number of carbonyl (C=O) groups is 2. The fourth-order valence-electron chi connectivity index (χ4n) is 2.17. The minimum Gasteiger partial charge on any atom is -0.494 e. The highest BCUT2D eigenvalue weighted by molar-refractivity contribution is 5.94. The normalized spacial score (nSPS) is 10.1. The average molecular weight is 341 g/mol. The average Bonchev–Trinajstić information content (AvgIpc) is 2.63. The lowest BCUT2D eigenvalue weighted by atomic mass is 10.1. The monoisotopic (exact) mass is 341 g/mol. The van der Waals surface area contributed by atoms with Crippen molar-refractivity contribution in [3.05, 3.63) is 60.2 Å². The van der Waals surface area contributed by atoms with Crippen LogP contribution in [0, 0.1) is 0 Å². The van der Waals surface area contributed by atoms with Gasteiger partial charge in [0.1, 0.15) is 18.1 Å². The molecule has 132 valence electrons. The Morgan fingerprint density at radius 3 is 2.20 bits per heavy atom. The number of hydrogen-bond donors (Lipinski definition) is 1. The van der Waals surface area contributed by atoms with Crippen molar-refractivity contribution >= 4 is 11.7 Å². The molecule has 1 amide bonds. The number of carbonyl (C=O) groups excluding carboxylic acids is 2. The van der Waals surface area contributed by atoms with Crippen LogP contribution in [0.25, 0.3) is 0 Å². The number of para-hydroxylation sites is 1. The molecule has 0 saturated carbocycles. The first-order chi connectivity index (χ1) is 12.1. The molecule has 0 aliphatic heterocycles. The molecular weight excluding hydrogens is 318 g/mol. The van der Waals surface area contributed by atoms with Gasteiger partial charge in [0.15, 0.2) is 5.78 Å². The van der Waals surface area contributed by atoms with Crippen molar-refractivity contribution in [1.29, 1.82) is 0 Å². The smallest absolute Gasteiger partial charge is 0.220 e. The largest absolute Gasteiger partial charge is 0.494 e. The Labute approximate surface area is 148 Å². The Kier molecular flexibility index (Phi) is 7.50. The van der Waals surface area contributed by atoms with Gasteiger partial charge in [-0.15, -0.1) is 0 Å². The Balaban J connectivity index is 1.54. The first-order valence-corrected chi connectivity index (χ1v) is 8.33. The zero-order valence-corrected chi connectivity index (χ0v) is 14.4. The van der Waals surface area contributed by atoms with Crippen LogP contribution in [0.15, 0.2) is 54.6 Å². The van der Waals surface area contributed by atoms with Crippen LogP contribution in [-0.4, -0.2) is 31.4 Å². The van der Waals surface area contributed by atoms with E-state index in [9.17, 15) is 9.59 Å². The zero-order chi connectivity index (χ0) is 17.9. The number of benzene rings is 2. The molecule has 2 rings (SSSR count). The van der Waals surface area contributed by atoms with E-state index in [0.717, 1.165) is 5.75 Å². The number of ketones is 1. The van der Waals surface area contributed by atoms with Gasteiger partial charge < -0.3 is 14.8 Å². The van der Waals surface area contributed by atoms with Crippen molar-refractivity contribution in [1.82, 2.24) is 5.32 Å². The number of rotatable bonds is 10. The number of nitrogens with one attached hydrogen (secondary N) is 1. The second-order valence-electron chi connectivity index (χ2n) is 5.54. The van der Waals surface area contributed by atoms with Crippen LogP contribution in [0.5, 0.6) is 11.5 Å². The summed E-state index contributed by atoms with van der Waals surface area (Å²) in [7, 11) is 0. The third-order valence-electron chi connectivity index (χ3n) is 3.51. The van der Waals surface area contributed by atoms with Gasteiger partial charge in [0.05, 0.1) is 13.2 Å². The summed E-state index contributed by atoms with van der Waals surface area (Å²) in [6.07, 6.45) is 1.02. The summed E-state index contributed by atoms with van der Waals surface area (Å²) in [4.78, 5) is 22.9. The van der Waals surface area contributed by atoms with Crippen molar-refractivity contribution < 1.29 is 19.1 Å². The van der Waals surface area contributed by atoms with E-state index in [1.807, 2.05) is 30.3 Å². The van der Waals surface area contributed by atoms with Crippen LogP contribution >= 0.6 is 0 Å². The van der Waals surface area contributed by atoms with Crippen LogP contribution in [0.4, 0.5) is 0 Å². The van der Waals surface area contributed by atoms with E-state index in [1.165, 1.54) is 6.92 Å². The molecule has 0 aliphatic carbocycles. The highest BCUT2D eigenvalue weighted by atomic mass is 16.5. The lowest BCUT2D eigenvalue weighted by molar-refractivity contribution is -0.121. The van der Waals surface area contributed by atoms with E-state index >= 15 is 0 Å². The summed E-state index contributed by atoms with van der Waals surface area (Å²) >= 11 is 0. The van der Waals surface area contributed by atoms with Gasteiger partial charge >= 0.3 is 0 Å². The summed E-state index contributed by atoms with van der Waals surface area (Å²) in [5.74, 6) is 1.49. The fourth-order valence-corrected chi connectivity index (χ4v) is 2.17. The van der Waals surface area contributed by atoms with E-state index in [2.05, 4.69) is 5.32 Å². The molecule has 0 radical (unpaired) electrons. The molecule has 0 saturated heterocycles. The van der Waals surface area contributed by atoms with Crippen LogP contribution in [0.1, 0.15) is 30.1 Å². The van der Waals surface area contributed by atoms with Crippen molar-refractivity contribution in [3.63, 3.8) is 0 Å². The Hall–Kier alpha value is -2.82. The molecule has 25 heavy (non-hydrogen) atoms. The van der Waals surface area contributed by atoms with Gasteiger partial charge in [0.25, 0.3) is 0 Å². The van der Waals surface area contributed by atoms with Gasteiger partial charge in [-0.1, -0.05) is 18.2 Å². The van der Waals surface area contributed by atoms with E-state index in [1.54, 1.807) is 24.3 Å². The maximum Gasteiger partial charge on any atom is 0.220 e.